The Balaban J connectivity index is 2.15. The molecule has 0 fully saturated rings. The SMILES string of the molecule is NCc1ccc(-c2cnn3ccc(N)nc23)cc1. The van der Waals surface area contributed by atoms with E-state index < -0.39 is 0 Å². The summed E-state index contributed by atoms with van der Waals surface area (Å²) in [4.78, 5) is 4.31. The van der Waals surface area contributed by atoms with E-state index in [-0.39, 0.29) is 0 Å². The zero-order valence-corrected chi connectivity index (χ0v) is 9.74. The summed E-state index contributed by atoms with van der Waals surface area (Å²) in [6.07, 6.45) is 3.59. The van der Waals surface area contributed by atoms with Crippen molar-refractivity contribution >= 4 is 11.5 Å². The summed E-state index contributed by atoms with van der Waals surface area (Å²) in [5, 5.41) is 4.25. The second-order valence-corrected chi connectivity index (χ2v) is 4.08. The van der Waals surface area contributed by atoms with E-state index in [9.17, 15) is 0 Å². The second-order valence-electron chi connectivity index (χ2n) is 4.08. The van der Waals surface area contributed by atoms with Gasteiger partial charge in [-0.25, -0.2) is 9.50 Å². The van der Waals surface area contributed by atoms with Crippen molar-refractivity contribution in [2.75, 3.05) is 5.73 Å². The molecule has 90 valence electrons. The first-order valence-corrected chi connectivity index (χ1v) is 5.67. The fraction of sp³-hybridized carbons (Fsp3) is 0.0769. The summed E-state index contributed by atoms with van der Waals surface area (Å²) in [6.45, 7) is 0.542. The minimum absolute atomic E-state index is 0.489. The van der Waals surface area contributed by atoms with Crippen LogP contribution < -0.4 is 11.5 Å². The van der Waals surface area contributed by atoms with E-state index in [1.807, 2.05) is 24.3 Å². The number of benzene rings is 1. The van der Waals surface area contributed by atoms with Crippen LogP contribution in [0.15, 0.2) is 42.7 Å². The molecule has 3 aromatic rings. The zero-order valence-electron chi connectivity index (χ0n) is 9.74. The van der Waals surface area contributed by atoms with Gasteiger partial charge in [-0.3, -0.25) is 0 Å². The molecule has 0 saturated carbocycles. The highest BCUT2D eigenvalue weighted by molar-refractivity contribution is 5.77. The molecule has 5 nitrogen and oxygen atoms in total. The van der Waals surface area contributed by atoms with Gasteiger partial charge in [-0.05, 0) is 17.2 Å². The van der Waals surface area contributed by atoms with Gasteiger partial charge in [-0.2, -0.15) is 5.10 Å². The molecule has 0 amide bonds. The van der Waals surface area contributed by atoms with Crippen molar-refractivity contribution in [2.24, 2.45) is 5.73 Å². The third-order valence-corrected chi connectivity index (χ3v) is 2.89. The topological polar surface area (TPSA) is 82.2 Å². The van der Waals surface area contributed by atoms with Gasteiger partial charge in [0, 0.05) is 18.3 Å². The Kier molecular flexibility index (Phi) is 2.46. The molecule has 18 heavy (non-hydrogen) atoms. The molecular formula is C13H13N5. The lowest BCUT2D eigenvalue weighted by molar-refractivity contribution is 0.942. The third-order valence-electron chi connectivity index (χ3n) is 2.89. The molecular weight excluding hydrogens is 226 g/mol. The average Bonchev–Trinajstić information content (AvgIpc) is 2.82. The quantitative estimate of drug-likeness (QED) is 0.708. The Hall–Kier alpha value is -2.40. The Bertz CT molecular complexity index is 684. The van der Waals surface area contributed by atoms with Crippen LogP contribution in [0.3, 0.4) is 0 Å². The van der Waals surface area contributed by atoms with E-state index in [1.54, 1.807) is 23.0 Å². The maximum absolute atomic E-state index is 5.71. The van der Waals surface area contributed by atoms with Crippen LogP contribution in [0.5, 0.6) is 0 Å². The van der Waals surface area contributed by atoms with E-state index in [2.05, 4.69) is 10.1 Å². The lowest BCUT2D eigenvalue weighted by atomic mass is 10.1. The van der Waals surface area contributed by atoms with E-state index >= 15 is 0 Å². The van der Waals surface area contributed by atoms with Crippen molar-refractivity contribution in [3.63, 3.8) is 0 Å². The van der Waals surface area contributed by atoms with Crippen molar-refractivity contribution < 1.29 is 0 Å². The van der Waals surface area contributed by atoms with Crippen LogP contribution in [-0.4, -0.2) is 14.6 Å². The molecule has 0 spiro atoms. The zero-order chi connectivity index (χ0) is 12.5. The normalized spacial score (nSPS) is 10.9. The molecule has 0 unspecified atom stereocenters. The largest absolute Gasteiger partial charge is 0.384 e. The van der Waals surface area contributed by atoms with Crippen LogP contribution >= 0.6 is 0 Å². The molecule has 2 aromatic heterocycles. The standard InChI is InChI=1S/C13H13N5/c14-7-9-1-3-10(4-2-9)11-8-16-18-6-5-12(15)17-13(11)18/h1-6,8H,7,14H2,(H2,15,17). The van der Waals surface area contributed by atoms with Crippen LogP contribution in [0, 0.1) is 0 Å². The van der Waals surface area contributed by atoms with Crippen LogP contribution in [0.4, 0.5) is 5.82 Å². The van der Waals surface area contributed by atoms with Gasteiger partial charge < -0.3 is 11.5 Å². The number of aromatic nitrogens is 3. The molecule has 5 heteroatoms. The van der Waals surface area contributed by atoms with Gasteiger partial charge in [0.1, 0.15) is 5.82 Å². The molecule has 0 radical (unpaired) electrons. The first-order chi connectivity index (χ1) is 8.78. The van der Waals surface area contributed by atoms with Crippen LogP contribution in [0.25, 0.3) is 16.8 Å². The Labute approximate surface area is 104 Å². The van der Waals surface area contributed by atoms with E-state index in [1.165, 1.54) is 0 Å². The fourth-order valence-electron chi connectivity index (χ4n) is 1.91. The van der Waals surface area contributed by atoms with Gasteiger partial charge in [-0.15, -0.1) is 0 Å². The lowest BCUT2D eigenvalue weighted by Crippen LogP contribution is -1.96. The number of hydrogen-bond donors (Lipinski definition) is 2. The number of fused-ring (bicyclic) bond motifs is 1. The van der Waals surface area contributed by atoms with Gasteiger partial charge in [0.05, 0.1) is 6.20 Å². The smallest absolute Gasteiger partial charge is 0.165 e. The summed E-state index contributed by atoms with van der Waals surface area (Å²) in [7, 11) is 0. The molecule has 0 atom stereocenters. The highest BCUT2D eigenvalue weighted by Gasteiger charge is 2.07. The number of nitrogens with zero attached hydrogens (tertiary/aromatic N) is 3. The summed E-state index contributed by atoms with van der Waals surface area (Å²) >= 11 is 0. The summed E-state index contributed by atoms with van der Waals surface area (Å²) in [6, 6.07) is 9.77. The number of anilines is 1. The highest BCUT2D eigenvalue weighted by atomic mass is 15.2. The van der Waals surface area contributed by atoms with Gasteiger partial charge >= 0.3 is 0 Å². The number of nitrogen functional groups attached to an aromatic ring is 1. The van der Waals surface area contributed by atoms with Crippen molar-refractivity contribution in [3.8, 4) is 11.1 Å². The second kappa shape index (κ2) is 4.12. The lowest BCUT2D eigenvalue weighted by Gasteiger charge is -2.01. The Morgan fingerprint density at radius 3 is 2.61 bits per heavy atom. The van der Waals surface area contributed by atoms with Crippen molar-refractivity contribution in [3.05, 3.63) is 48.3 Å². The Morgan fingerprint density at radius 2 is 1.89 bits per heavy atom. The van der Waals surface area contributed by atoms with Crippen molar-refractivity contribution in [1.29, 1.82) is 0 Å². The molecule has 3 rings (SSSR count). The predicted molar refractivity (Wildman–Crippen MR) is 70.7 cm³/mol. The first-order valence-electron chi connectivity index (χ1n) is 5.67. The number of nitrogens with two attached hydrogens (primary N) is 2. The van der Waals surface area contributed by atoms with Gasteiger partial charge in [0.2, 0.25) is 0 Å². The molecule has 0 bridgehead atoms. The maximum Gasteiger partial charge on any atom is 0.165 e. The van der Waals surface area contributed by atoms with Crippen LogP contribution in [0.1, 0.15) is 5.56 Å². The molecule has 1 aromatic carbocycles. The molecule has 0 aliphatic carbocycles. The first kappa shape index (κ1) is 10.7. The van der Waals surface area contributed by atoms with Gasteiger partial charge in [-0.1, -0.05) is 24.3 Å². The summed E-state index contributed by atoms with van der Waals surface area (Å²) < 4.78 is 1.71. The van der Waals surface area contributed by atoms with Gasteiger partial charge in [0.15, 0.2) is 5.65 Å². The van der Waals surface area contributed by atoms with Crippen molar-refractivity contribution in [1.82, 2.24) is 14.6 Å². The highest BCUT2D eigenvalue weighted by Crippen LogP contribution is 2.23. The fourth-order valence-corrected chi connectivity index (χ4v) is 1.91. The van der Waals surface area contributed by atoms with Crippen molar-refractivity contribution in [2.45, 2.75) is 6.54 Å². The Morgan fingerprint density at radius 1 is 1.11 bits per heavy atom. The summed E-state index contributed by atoms with van der Waals surface area (Å²) in [5.41, 5.74) is 15.2. The minimum atomic E-state index is 0.489. The van der Waals surface area contributed by atoms with E-state index in [4.69, 9.17) is 11.5 Å². The average molecular weight is 239 g/mol. The van der Waals surface area contributed by atoms with Gasteiger partial charge in [0.25, 0.3) is 0 Å². The van der Waals surface area contributed by atoms with Crippen LogP contribution in [-0.2, 0) is 6.54 Å². The number of rotatable bonds is 2. The molecule has 0 saturated heterocycles. The number of hydrogen-bond acceptors (Lipinski definition) is 4. The minimum Gasteiger partial charge on any atom is -0.384 e. The third kappa shape index (κ3) is 1.70. The maximum atomic E-state index is 5.71. The monoisotopic (exact) mass is 239 g/mol. The predicted octanol–water partition coefficient (Wildman–Crippen LogP) is 1.44. The molecule has 2 heterocycles. The molecule has 0 aliphatic heterocycles. The van der Waals surface area contributed by atoms with Crippen LogP contribution in [0.2, 0.25) is 0 Å². The molecule has 4 N–H and O–H groups in total. The summed E-state index contributed by atoms with van der Waals surface area (Å²) in [5.74, 6) is 0.489. The van der Waals surface area contributed by atoms with E-state index in [0.29, 0.717) is 12.4 Å². The van der Waals surface area contributed by atoms with E-state index in [0.717, 1.165) is 22.3 Å². The molecule has 0 aliphatic rings.